The summed E-state index contributed by atoms with van der Waals surface area (Å²) >= 11 is 0. The van der Waals surface area contributed by atoms with Gasteiger partial charge in [0.05, 0.1) is 6.04 Å². The zero-order valence-corrected chi connectivity index (χ0v) is 8.20. The van der Waals surface area contributed by atoms with Crippen molar-refractivity contribution in [2.24, 2.45) is 11.7 Å². The molecular formula is C10H18N2O. The predicted octanol–water partition coefficient (Wildman–Crippen LogP) is 0.735. The minimum Gasteiger partial charge on any atom is -0.338 e. The molecule has 0 spiro atoms. The van der Waals surface area contributed by atoms with Gasteiger partial charge in [-0.05, 0) is 32.1 Å². The molecule has 0 radical (unpaired) electrons. The lowest BCUT2D eigenvalue weighted by Crippen LogP contribution is -2.44. The van der Waals surface area contributed by atoms with Gasteiger partial charge in [0.1, 0.15) is 0 Å². The van der Waals surface area contributed by atoms with Gasteiger partial charge in [-0.3, -0.25) is 4.79 Å². The Bertz CT molecular complexity index is 213. The van der Waals surface area contributed by atoms with Gasteiger partial charge in [0, 0.05) is 12.6 Å². The van der Waals surface area contributed by atoms with E-state index in [2.05, 4.69) is 6.92 Å². The first kappa shape index (κ1) is 9.00. The molecule has 2 atom stereocenters. The lowest BCUT2D eigenvalue weighted by molar-refractivity contribution is -0.131. The largest absolute Gasteiger partial charge is 0.338 e. The Kier molecular flexibility index (Phi) is 2.28. The van der Waals surface area contributed by atoms with Crippen LogP contribution >= 0.6 is 0 Å². The van der Waals surface area contributed by atoms with E-state index in [9.17, 15) is 4.79 Å². The number of nitrogens with two attached hydrogens (primary N) is 1. The number of hydrogen-bond donors (Lipinski definition) is 1. The van der Waals surface area contributed by atoms with Crippen molar-refractivity contribution in [1.29, 1.82) is 0 Å². The Labute approximate surface area is 79.3 Å². The van der Waals surface area contributed by atoms with Gasteiger partial charge in [-0.25, -0.2) is 0 Å². The predicted molar refractivity (Wildman–Crippen MR) is 51.1 cm³/mol. The van der Waals surface area contributed by atoms with Gasteiger partial charge in [0.25, 0.3) is 0 Å². The zero-order valence-electron chi connectivity index (χ0n) is 8.20. The molecule has 0 aromatic carbocycles. The summed E-state index contributed by atoms with van der Waals surface area (Å²) < 4.78 is 0. The average Bonchev–Trinajstić information content (AvgIpc) is 2.29. The molecule has 1 saturated heterocycles. The van der Waals surface area contributed by atoms with Crippen LogP contribution in [0.4, 0.5) is 0 Å². The molecule has 3 nitrogen and oxygen atoms in total. The highest BCUT2D eigenvalue weighted by atomic mass is 16.2. The highest BCUT2D eigenvalue weighted by Crippen LogP contribution is 2.33. The van der Waals surface area contributed by atoms with Crippen molar-refractivity contribution in [1.82, 2.24) is 4.90 Å². The lowest BCUT2D eigenvalue weighted by Gasteiger charge is -2.37. The SMILES string of the molecule is CC(C1CCC1)N1CCC(N)C1=O. The summed E-state index contributed by atoms with van der Waals surface area (Å²) in [6.45, 7) is 3.04. The molecule has 2 rings (SSSR count). The summed E-state index contributed by atoms with van der Waals surface area (Å²) in [4.78, 5) is 13.6. The summed E-state index contributed by atoms with van der Waals surface area (Å²) in [5.41, 5.74) is 5.67. The van der Waals surface area contributed by atoms with Gasteiger partial charge in [-0.1, -0.05) is 6.42 Å². The van der Waals surface area contributed by atoms with E-state index in [0.29, 0.717) is 6.04 Å². The average molecular weight is 182 g/mol. The number of rotatable bonds is 2. The normalized spacial score (nSPS) is 32.0. The van der Waals surface area contributed by atoms with Crippen LogP contribution in [0.2, 0.25) is 0 Å². The molecule has 1 aliphatic carbocycles. The highest BCUT2D eigenvalue weighted by Gasteiger charge is 2.36. The molecule has 1 heterocycles. The van der Waals surface area contributed by atoms with Crippen molar-refractivity contribution in [2.45, 2.75) is 44.7 Å². The van der Waals surface area contributed by atoms with Crippen LogP contribution in [-0.2, 0) is 4.79 Å². The van der Waals surface area contributed by atoms with E-state index in [1.54, 1.807) is 0 Å². The molecule has 3 heteroatoms. The Balaban J connectivity index is 1.96. The van der Waals surface area contributed by atoms with Gasteiger partial charge < -0.3 is 10.6 Å². The van der Waals surface area contributed by atoms with E-state index >= 15 is 0 Å². The Morgan fingerprint density at radius 2 is 2.15 bits per heavy atom. The zero-order chi connectivity index (χ0) is 9.42. The fourth-order valence-electron chi connectivity index (χ4n) is 2.31. The van der Waals surface area contributed by atoms with Crippen molar-refractivity contribution < 1.29 is 4.79 Å². The first-order valence-corrected chi connectivity index (χ1v) is 5.26. The van der Waals surface area contributed by atoms with E-state index < -0.39 is 0 Å². The van der Waals surface area contributed by atoms with Crippen LogP contribution in [-0.4, -0.2) is 29.4 Å². The second kappa shape index (κ2) is 3.29. The van der Waals surface area contributed by atoms with Gasteiger partial charge in [0.2, 0.25) is 5.91 Å². The maximum Gasteiger partial charge on any atom is 0.239 e. The Morgan fingerprint density at radius 1 is 1.46 bits per heavy atom. The number of carbonyl (C=O) groups is 1. The fraction of sp³-hybridized carbons (Fsp3) is 0.900. The molecular weight excluding hydrogens is 164 g/mol. The molecule has 2 N–H and O–H groups in total. The maximum absolute atomic E-state index is 11.6. The van der Waals surface area contributed by atoms with Crippen molar-refractivity contribution in [3.8, 4) is 0 Å². The third-order valence-corrected chi connectivity index (χ3v) is 3.60. The van der Waals surface area contributed by atoms with Crippen LogP contribution in [0, 0.1) is 5.92 Å². The molecule has 1 amide bonds. The molecule has 0 aromatic heterocycles. The van der Waals surface area contributed by atoms with E-state index in [-0.39, 0.29) is 11.9 Å². The molecule has 0 aromatic rings. The minimum atomic E-state index is -0.220. The topological polar surface area (TPSA) is 46.3 Å². The summed E-state index contributed by atoms with van der Waals surface area (Å²) in [6, 6.07) is 0.206. The van der Waals surface area contributed by atoms with Gasteiger partial charge in [0.15, 0.2) is 0 Å². The molecule has 1 aliphatic heterocycles. The molecule has 2 aliphatic rings. The Hall–Kier alpha value is -0.570. The van der Waals surface area contributed by atoms with Gasteiger partial charge in [-0.2, -0.15) is 0 Å². The third-order valence-electron chi connectivity index (χ3n) is 3.60. The molecule has 74 valence electrons. The Morgan fingerprint density at radius 3 is 2.54 bits per heavy atom. The first-order chi connectivity index (χ1) is 6.20. The molecule has 2 fully saturated rings. The maximum atomic E-state index is 11.6. The third kappa shape index (κ3) is 1.46. The lowest BCUT2D eigenvalue weighted by atomic mass is 9.80. The van der Waals surface area contributed by atoms with Crippen molar-refractivity contribution >= 4 is 5.91 Å². The molecule has 13 heavy (non-hydrogen) atoms. The summed E-state index contributed by atoms with van der Waals surface area (Å²) in [5.74, 6) is 0.911. The van der Waals surface area contributed by atoms with E-state index in [1.807, 2.05) is 4.90 Å². The minimum absolute atomic E-state index is 0.166. The molecule has 0 bridgehead atoms. The van der Waals surface area contributed by atoms with E-state index in [4.69, 9.17) is 5.73 Å². The van der Waals surface area contributed by atoms with Crippen molar-refractivity contribution in [3.05, 3.63) is 0 Å². The smallest absolute Gasteiger partial charge is 0.239 e. The number of likely N-dealkylation sites (tertiary alicyclic amines) is 1. The second-order valence-electron chi connectivity index (χ2n) is 4.36. The first-order valence-electron chi connectivity index (χ1n) is 5.26. The summed E-state index contributed by atoms with van der Waals surface area (Å²) in [7, 11) is 0. The van der Waals surface area contributed by atoms with Crippen LogP contribution in [0.5, 0.6) is 0 Å². The summed E-state index contributed by atoms with van der Waals surface area (Å²) in [5, 5.41) is 0. The van der Waals surface area contributed by atoms with Crippen LogP contribution < -0.4 is 5.73 Å². The van der Waals surface area contributed by atoms with Crippen molar-refractivity contribution in [2.75, 3.05) is 6.54 Å². The van der Waals surface area contributed by atoms with Crippen LogP contribution in [0.3, 0.4) is 0 Å². The van der Waals surface area contributed by atoms with Crippen LogP contribution in [0.25, 0.3) is 0 Å². The van der Waals surface area contributed by atoms with Crippen molar-refractivity contribution in [3.63, 3.8) is 0 Å². The second-order valence-corrected chi connectivity index (χ2v) is 4.36. The number of hydrogen-bond acceptors (Lipinski definition) is 2. The number of carbonyl (C=O) groups excluding carboxylic acids is 1. The van der Waals surface area contributed by atoms with Crippen LogP contribution in [0.15, 0.2) is 0 Å². The standard InChI is InChI=1S/C10H18N2O/c1-7(8-3-2-4-8)12-6-5-9(11)10(12)13/h7-9H,2-6,11H2,1H3. The van der Waals surface area contributed by atoms with Gasteiger partial charge in [-0.15, -0.1) is 0 Å². The van der Waals surface area contributed by atoms with Crippen LogP contribution in [0.1, 0.15) is 32.6 Å². The highest BCUT2D eigenvalue weighted by molar-refractivity contribution is 5.84. The quantitative estimate of drug-likeness (QED) is 0.684. The fourth-order valence-corrected chi connectivity index (χ4v) is 2.31. The number of nitrogens with zero attached hydrogens (tertiary/aromatic N) is 1. The van der Waals surface area contributed by atoms with E-state index in [0.717, 1.165) is 18.9 Å². The van der Waals surface area contributed by atoms with E-state index in [1.165, 1.54) is 19.3 Å². The summed E-state index contributed by atoms with van der Waals surface area (Å²) in [6.07, 6.45) is 4.76. The molecule has 2 unspecified atom stereocenters. The molecule has 1 saturated carbocycles. The number of amides is 1. The monoisotopic (exact) mass is 182 g/mol. The van der Waals surface area contributed by atoms with Gasteiger partial charge >= 0.3 is 0 Å².